The van der Waals surface area contributed by atoms with Gasteiger partial charge in [0.1, 0.15) is 11.2 Å². The molecule has 1 aliphatic heterocycles. The topological polar surface area (TPSA) is 8.81 Å². The van der Waals surface area contributed by atoms with Crippen LogP contribution in [0.3, 0.4) is 0 Å². The minimum atomic E-state index is 0.955. The van der Waals surface area contributed by atoms with E-state index in [-0.39, 0.29) is 0 Å². The van der Waals surface area contributed by atoms with E-state index in [0.717, 1.165) is 6.54 Å². The van der Waals surface area contributed by atoms with E-state index in [9.17, 15) is 0 Å². The van der Waals surface area contributed by atoms with Crippen LogP contribution in [0.4, 0.5) is 0 Å². The first-order valence-electron chi connectivity index (χ1n) is 13.5. The van der Waals surface area contributed by atoms with Crippen molar-refractivity contribution in [3.63, 3.8) is 0 Å². The molecule has 2 aliphatic rings. The third kappa shape index (κ3) is 3.81. The highest BCUT2D eigenvalue weighted by molar-refractivity contribution is 7.18. The number of benzene rings is 4. The van der Waals surface area contributed by atoms with Crippen LogP contribution in [0.2, 0.25) is 0 Å². The molecule has 39 heavy (non-hydrogen) atoms. The molecule has 0 bridgehead atoms. The maximum Gasteiger partial charge on any atom is 0.262 e. The van der Waals surface area contributed by atoms with Crippen LogP contribution < -0.4 is 4.57 Å². The Kier molecular flexibility index (Phi) is 5.87. The van der Waals surface area contributed by atoms with E-state index in [1.54, 1.807) is 0 Å². The molecule has 1 aliphatic carbocycles. The first kappa shape index (κ1) is 23.6. The molecule has 0 amide bonds. The minimum Gasteiger partial charge on any atom is -0.343 e. The van der Waals surface area contributed by atoms with Crippen LogP contribution >= 0.6 is 11.3 Å². The van der Waals surface area contributed by atoms with Crippen molar-refractivity contribution in [2.75, 3.05) is 0 Å². The second-order valence-electron chi connectivity index (χ2n) is 9.87. The van der Waals surface area contributed by atoms with Gasteiger partial charge >= 0.3 is 0 Å². The summed E-state index contributed by atoms with van der Waals surface area (Å²) in [6, 6.07) is 37.1. The standard InChI is InChI=1S/C36H29N2S/c1-3-38-31-22-12-13-23-32(31)39-33(38)24-14-10-19-28-26-17-7-8-18-27(26)35-34(25-15-5-4-6-16-25)29-20-9-11-21-30(29)37(2)36(28)35/h4-24H,3H2,1-2H3/q+1. The number of aromatic nitrogens is 2. The number of para-hydroxylation sites is 2. The van der Waals surface area contributed by atoms with E-state index in [0.29, 0.717) is 0 Å². The third-order valence-corrected chi connectivity index (χ3v) is 8.86. The zero-order valence-corrected chi connectivity index (χ0v) is 23.0. The summed E-state index contributed by atoms with van der Waals surface area (Å²) >= 11 is 1.84. The minimum absolute atomic E-state index is 0.955. The molecule has 188 valence electrons. The normalized spacial score (nSPS) is 12.3. The van der Waals surface area contributed by atoms with Crippen molar-refractivity contribution < 1.29 is 4.57 Å². The fourth-order valence-corrected chi connectivity index (χ4v) is 7.16. The first-order valence-corrected chi connectivity index (χ1v) is 14.3. The molecule has 0 unspecified atom stereocenters. The van der Waals surface area contributed by atoms with E-state index < -0.39 is 0 Å². The van der Waals surface area contributed by atoms with Gasteiger partial charge in [-0.25, -0.2) is 0 Å². The molecule has 0 N–H and O–H groups in total. The lowest BCUT2D eigenvalue weighted by Crippen LogP contribution is -2.33. The number of aryl methyl sites for hydroxylation is 2. The van der Waals surface area contributed by atoms with Crippen molar-refractivity contribution in [3.05, 3.63) is 126 Å². The largest absolute Gasteiger partial charge is 0.343 e. The van der Waals surface area contributed by atoms with Gasteiger partial charge < -0.3 is 4.57 Å². The van der Waals surface area contributed by atoms with Crippen molar-refractivity contribution in [1.29, 1.82) is 0 Å². The highest BCUT2D eigenvalue weighted by Gasteiger charge is 2.25. The molecule has 0 atom stereocenters. The zero-order chi connectivity index (χ0) is 26.3. The Balaban J connectivity index is 1.43. The molecule has 5 aromatic rings. The number of hydrogen-bond acceptors (Lipinski definition) is 1. The Bertz CT molecular complexity index is 2000. The predicted octanol–water partition coefficient (Wildman–Crippen LogP) is 9.35. The van der Waals surface area contributed by atoms with Gasteiger partial charge in [-0.05, 0) is 35.4 Å². The van der Waals surface area contributed by atoms with E-state index in [1.807, 2.05) is 11.3 Å². The summed E-state index contributed by atoms with van der Waals surface area (Å²) in [5, 5.41) is 5.12. The van der Waals surface area contributed by atoms with Crippen LogP contribution in [0.25, 0.3) is 66.4 Å². The van der Waals surface area contributed by atoms with Gasteiger partial charge in [0.05, 0.1) is 5.69 Å². The Labute approximate surface area is 232 Å². The Morgan fingerprint density at radius 2 is 1.36 bits per heavy atom. The predicted molar refractivity (Wildman–Crippen MR) is 168 cm³/mol. The second kappa shape index (κ2) is 9.68. The fourth-order valence-electron chi connectivity index (χ4n) is 6.03. The molecule has 2 heterocycles. The number of hydrogen-bond donors (Lipinski definition) is 0. The average molecular weight is 522 g/mol. The van der Waals surface area contributed by atoms with Crippen molar-refractivity contribution in [3.8, 4) is 22.4 Å². The van der Waals surface area contributed by atoms with E-state index >= 15 is 0 Å². The molecule has 7 rings (SSSR count). The fraction of sp³-hybridized carbons (Fsp3) is 0.0833. The first-order chi connectivity index (χ1) is 19.3. The van der Waals surface area contributed by atoms with Gasteiger partial charge in [0, 0.05) is 46.8 Å². The lowest BCUT2D eigenvalue weighted by molar-refractivity contribution is -0.665. The summed E-state index contributed by atoms with van der Waals surface area (Å²) in [7, 11) is 2.20. The number of fused-ring (bicyclic) bond motifs is 5. The van der Waals surface area contributed by atoms with Gasteiger partial charge in [-0.1, -0.05) is 114 Å². The molecule has 0 saturated heterocycles. The number of rotatable bonds is 5. The van der Waals surface area contributed by atoms with Gasteiger partial charge in [-0.2, -0.15) is 4.57 Å². The van der Waals surface area contributed by atoms with Crippen LogP contribution in [-0.4, -0.2) is 4.57 Å². The number of nitrogens with zero attached hydrogens (tertiary/aromatic N) is 2. The van der Waals surface area contributed by atoms with Crippen LogP contribution in [-0.2, 0) is 13.6 Å². The van der Waals surface area contributed by atoms with Crippen molar-refractivity contribution in [2.24, 2.45) is 7.05 Å². The van der Waals surface area contributed by atoms with E-state index in [1.165, 1.54) is 64.8 Å². The molecule has 4 aromatic carbocycles. The third-order valence-electron chi connectivity index (χ3n) is 7.73. The second-order valence-corrected chi connectivity index (χ2v) is 10.9. The monoisotopic (exact) mass is 521 g/mol. The molecular formula is C36H29N2S+. The molecule has 3 heteroatoms. The quantitative estimate of drug-likeness (QED) is 0.158. The van der Waals surface area contributed by atoms with Crippen LogP contribution in [0.15, 0.2) is 115 Å². The lowest BCUT2D eigenvalue weighted by atomic mass is 9.92. The van der Waals surface area contributed by atoms with Crippen molar-refractivity contribution in [1.82, 2.24) is 4.57 Å². The maximum absolute atomic E-state index is 2.38. The zero-order valence-electron chi connectivity index (χ0n) is 22.1. The Morgan fingerprint density at radius 3 is 2.18 bits per heavy atom. The Hall–Kier alpha value is -4.47. The van der Waals surface area contributed by atoms with Gasteiger partial charge in [0.15, 0.2) is 0 Å². The summed E-state index contributed by atoms with van der Waals surface area (Å²) in [5.74, 6) is 0. The van der Waals surface area contributed by atoms with Crippen molar-refractivity contribution >= 4 is 55.4 Å². The van der Waals surface area contributed by atoms with Gasteiger partial charge in [0.2, 0.25) is 5.52 Å². The van der Waals surface area contributed by atoms with Crippen LogP contribution in [0.1, 0.15) is 17.5 Å². The number of allylic oxidation sites excluding steroid dienone is 2. The summed E-state index contributed by atoms with van der Waals surface area (Å²) in [6.45, 7) is 3.17. The highest BCUT2D eigenvalue weighted by Crippen LogP contribution is 2.48. The molecule has 0 saturated carbocycles. The molecule has 0 radical (unpaired) electrons. The summed E-state index contributed by atoms with van der Waals surface area (Å²) in [6.07, 6.45) is 8.91. The van der Waals surface area contributed by atoms with Crippen LogP contribution in [0.5, 0.6) is 0 Å². The molecule has 2 nitrogen and oxygen atoms in total. The lowest BCUT2D eigenvalue weighted by Gasteiger charge is -2.20. The molecule has 0 fully saturated rings. The van der Waals surface area contributed by atoms with Gasteiger partial charge in [-0.15, -0.1) is 0 Å². The molecule has 0 spiro atoms. The SMILES string of the molecule is CC[n+]1c(/C=C/C=C/c2c3n(C)c4ccccc4c(-c4ccccc4)c-3c3ccccc23)sc2ccccc21. The smallest absolute Gasteiger partial charge is 0.262 e. The molecule has 1 aromatic heterocycles. The van der Waals surface area contributed by atoms with E-state index in [4.69, 9.17) is 0 Å². The van der Waals surface area contributed by atoms with Crippen molar-refractivity contribution in [2.45, 2.75) is 13.5 Å². The summed E-state index contributed by atoms with van der Waals surface area (Å²) in [5.41, 5.74) is 8.93. The number of thiazole rings is 1. The van der Waals surface area contributed by atoms with Gasteiger partial charge in [-0.3, -0.25) is 0 Å². The molecular weight excluding hydrogens is 492 g/mol. The average Bonchev–Trinajstić information content (AvgIpc) is 3.51. The maximum atomic E-state index is 2.38. The van der Waals surface area contributed by atoms with Gasteiger partial charge in [0.25, 0.3) is 5.01 Å². The van der Waals surface area contributed by atoms with Crippen LogP contribution in [0, 0.1) is 0 Å². The van der Waals surface area contributed by atoms with E-state index in [2.05, 4.69) is 151 Å². The summed E-state index contributed by atoms with van der Waals surface area (Å²) < 4.78 is 6.08. The Morgan fingerprint density at radius 1 is 0.692 bits per heavy atom. The highest BCUT2D eigenvalue weighted by atomic mass is 32.1. The summed E-state index contributed by atoms with van der Waals surface area (Å²) in [4.78, 5) is 0. The number of pyridine rings is 1.